The molecule has 0 unspecified atom stereocenters. The summed E-state index contributed by atoms with van der Waals surface area (Å²) in [5, 5.41) is 2.46. The van der Waals surface area contributed by atoms with Gasteiger partial charge in [0.1, 0.15) is 0 Å². The van der Waals surface area contributed by atoms with Crippen molar-refractivity contribution in [3.8, 4) is 33.9 Å². The van der Waals surface area contributed by atoms with Crippen LogP contribution in [0, 0.1) is 0 Å². The van der Waals surface area contributed by atoms with Gasteiger partial charge < -0.3 is 0 Å². The van der Waals surface area contributed by atoms with Gasteiger partial charge in [0.2, 0.25) is 5.95 Å². The first-order chi connectivity index (χ1) is 23.1. The fourth-order valence-corrected chi connectivity index (χ4v) is 8.12. The average molecular weight is 623 g/mol. The number of nitrogens with zero attached hydrogens (tertiary/aromatic N) is 4. The summed E-state index contributed by atoms with van der Waals surface area (Å²) in [6.45, 7) is 4.63. The lowest BCUT2D eigenvalue weighted by Gasteiger charge is -2.27. The van der Waals surface area contributed by atoms with E-state index < -0.39 is 0 Å². The van der Waals surface area contributed by atoms with Crippen LogP contribution in [0.2, 0.25) is 0 Å². The smallest absolute Gasteiger partial charge is 0.238 e. The van der Waals surface area contributed by atoms with Crippen LogP contribution in [0.4, 0.5) is 17.3 Å². The summed E-state index contributed by atoms with van der Waals surface area (Å²) in [5.74, 6) is 1.85. The fraction of sp³-hybridized carbons (Fsp3) is 0.0714. The zero-order valence-electron chi connectivity index (χ0n) is 26.1. The second-order valence-electron chi connectivity index (χ2n) is 12.5. The van der Waals surface area contributed by atoms with Crippen LogP contribution < -0.4 is 4.90 Å². The second-order valence-corrected chi connectivity index (χ2v) is 13.6. The lowest BCUT2D eigenvalue weighted by Crippen LogP contribution is -2.17. The molecule has 0 fully saturated rings. The topological polar surface area (TPSA) is 41.9 Å². The van der Waals surface area contributed by atoms with E-state index in [2.05, 4.69) is 140 Å². The van der Waals surface area contributed by atoms with E-state index >= 15 is 0 Å². The number of aromatic nitrogens is 3. The molecular formula is C42H30N4S. The minimum atomic E-state index is -0.136. The molecule has 0 N–H and O–H groups in total. The van der Waals surface area contributed by atoms with E-state index in [0.29, 0.717) is 17.6 Å². The third-order valence-corrected chi connectivity index (χ3v) is 10.5. The van der Waals surface area contributed by atoms with Crippen LogP contribution in [0.25, 0.3) is 54.1 Å². The molecule has 224 valence electrons. The van der Waals surface area contributed by atoms with Gasteiger partial charge in [-0.3, -0.25) is 4.90 Å². The Balaban J connectivity index is 1.31. The minimum Gasteiger partial charge on any atom is -0.278 e. The van der Waals surface area contributed by atoms with Crippen molar-refractivity contribution in [2.24, 2.45) is 0 Å². The van der Waals surface area contributed by atoms with E-state index in [1.807, 2.05) is 35.6 Å². The molecule has 2 heterocycles. The van der Waals surface area contributed by atoms with Crippen molar-refractivity contribution >= 4 is 48.8 Å². The molecule has 0 amide bonds. The molecule has 1 aliphatic rings. The molecule has 0 radical (unpaired) electrons. The fourth-order valence-electron chi connectivity index (χ4n) is 7.04. The Kier molecular flexibility index (Phi) is 6.30. The maximum Gasteiger partial charge on any atom is 0.238 e. The maximum atomic E-state index is 5.28. The molecular weight excluding hydrogens is 593 g/mol. The zero-order chi connectivity index (χ0) is 31.5. The van der Waals surface area contributed by atoms with Gasteiger partial charge >= 0.3 is 0 Å². The Morgan fingerprint density at radius 1 is 0.532 bits per heavy atom. The lowest BCUT2D eigenvalue weighted by atomic mass is 9.82. The Morgan fingerprint density at radius 3 is 2.02 bits per heavy atom. The van der Waals surface area contributed by atoms with Gasteiger partial charge in [0.25, 0.3) is 0 Å². The third kappa shape index (κ3) is 4.46. The highest BCUT2D eigenvalue weighted by Crippen LogP contribution is 2.53. The molecule has 0 saturated carbocycles. The molecule has 0 saturated heterocycles. The standard InChI is InChI=1S/C42H30N4S/c1-42(2)33-20-11-9-19-31(33)38-34(42)21-13-22-35(38)46(29-16-7-4-8-17-29)41-44-39(27-14-5-3-6-15-27)43-40(45-41)28-24-25-37-32(26-28)30-18-10-12-23-36(30)47-37/h3-26H,1-2H3. The summed E-state index contributed by atoms with van der Waals surface area (Å²) in [6, 6.07) is 51.1. The summed E-state index contributed by atoms with van der Waals surface area (Å²) in [5.41, 5.74) is 8.88. The average Bonchev–Trinajstić information content (AvgIpc) is 3.61. The van der Waals surface area contributed by atoms with Gasteiger partial charge in [-0.2, -0.15) is 9.97 Å². The van der Waals surface area contributed by atoms with E-state index in [9.17, 15) is 0 Å². The number of fused-ring (bicyclic) bond motifs is 6. The number of hydrogen-bond donors (Lipinski definition) is 0. The van der Waals surface area contributed by atoms with Crippen molar-refractivity contribution in [2.75, 3.05) is 4.90 Å². The maximum absolute atomic E-state index is 5.28. The Bertz CT molecular complexity index is 2450. The van der Waals surface area contributed by atoms with Gasteiger partial charge in [-0.25, -0.2) is 4.98 Å². The first-order valence-electron chi connectivity index (χ1n) is 15.9. The van der Waals surface area contributed by atoms with E-state index in [4.69, 9.17) is 15.0 Å². The van der Waals surface area contributed by atoms with Gasteiger partial charge in [-0.15, -0.1) is 11.3 Å². The normalized spacial score (nSPS) is 13.1. The number of thiophene rings is 1. The Hall–Kier alpha value is -5.65. The van der Waals surface area contributed by atoms with Crippen molar-refractivity contribution in [3.63, 3.8) is 0 Å². The number of benzene rings is 6. The quantitative estimate of drug-likeness (QED) is 0.191. The molecule has 0 atom stereocenters. The minimum absolute atomic E-state index is 0.136. The second kappa shape index (κ2) is 10.7. The van der Waals surface area contributed by atoms with Crippen LogP contribution in [-0.4, -0.2) is 15.0 Å². The molecule has 0 bridgehead atoms. The number of rotatable bonds is 5. The summed E-state index contributed by atoms with van der Waals surface area (Å²) < 4.78 is 2.52. The summed E-state index contributed by atoms with van der Waals surface area (Å²) in [7, 11) is 0. The number of hydrogen-bond acceptors (Lipinski definition) is 5. The molecule has 5 heteroatoms. The SMILES string of the molecule is CC1(C)c2ccccc2-c2c(N(c3ccccc3)c3nc(-c4ccccc4)nc(-c4ccc5sc6ccccc6c5c4)n3)cccc21. The van der Waals surface area contributed by atoms with Crippen LogP contribution in [0.1, 0.15) is 25.0 Å². The van der Waals surface area contributed by atoms with E-state index in [1.54, 1.807) is 0 Å². The lowest BCUT2D eigenvalue weighted by molar-refractivity contribution is 0.660. The molecule has 1 aliphatic carbocycles. The Morgan fingerprint density at radius 2 is 1.19 bits per heavy atom. The third-order valence-electron chi connectivity index (χ3n) is 9.33. The van der Waals surface area contributed by atoms with Gasteiger partial charge in [0, 0.05) is 48.0 Å². The van der Waals surface area contributed by atoms with Crippen LogP contribution >= 0.6 is 11.3 Å². The molecule has 0 aliphatic heterocycles. The molecule has 8 aromatic rings. The van der Waals surface area contributed by atoms with E-state index in [-0.39, 0.29) is 5.41 Å². The monoisotopic (exact) mass is 622 g/mol. The number of para-hydroxylation sites is 1. The van der Waals surface area contributed by atoms with Crippen molar-refractivity contribution in [2.45, 2.75) is 19.3 Å². The van der Waals surface area contributed by atoms with Crippen LogP contribution in [0.15, 0.2) is 146 Å². The van der Waals surface area contributed by atoms with Crippen LogP contribution in [-0.2, 0) is 5.41 Å². The molecule has 0 spiro atoms. The summed E-state index contributed by atoms with van der Waals surface area (Å²) in [4.78, 5) is 17.8. The largest absolute Gasteiger partial charge is 0.278 e. The number of anilines is 3. The zero-order valence-corrected chi connectivity index (χ0v) is 26.9. The first kappa shape index (κ1) is 27.6. The van der Waals surface area contributed by atoms with E-state index in [1.165, 1.54) is 42.4 Å². The Labute approximate surface area is 277 Å². The van der Waals surface area contributed by atoms with Crippen LogP contribution in [0.5, 0.6) is 0 Å². The summed E-state index contributed by atoms with van der Waals surface area (Å²) in [6.07, 6.45) is 0. The first-order valence-corrected chi connectivity index (χ1v) is 16.7. The van der Waals surface area contributed by atoms with Crippen molar-refractivity contribution in [1.29, 1.82) is 0 Å². The predicted octanol–water partition coefficient (Wildman–Crippen LogP) is 11.3. The highest BCUT2D eigenvalue weighted by Gasteiger charge is 2.38. The van der Waals surface area contributed by atoms with Crippen molar-refractivity contribution in [1.82, 2.24) is 15.0 Å². The highest BCUT2D eigenvalue weighted by atomic mass is 32.1. The van der Waals surface area contributed by atoms with Gasteiger partial charge in [0.15, 0.2) is 11.6 Å². The van der Waals surface area contributed by atoms with Crippen LogP contribution in [0.3, 0.4) is 0 Å². The molecule has 6 aromatic carbocycles. The van der Waals surface area contributed by atoms with Gasteiger partial charge in [0.05, 0.1) is 5.69 Å². The van der Waals surface area contributed by atoms with Gasteiger partial charge in [-0.05, 0) is 59.2 Å². The predicted molar refractivity (Wildman–Crippen MR) is 196 cm³/mol. The molecule has 4 nitrogen and oxygen atoms in total. The van der Waals surface area contributed by atoms with Crippen molar-refractivity contribution in [3.05, 3.63) is 157 Å². The summed E-state index contributed by atoms with van der Waals surface area (Å²) >= 11 is 1.81. The van der Waals surface area contributed by atoms with Crippen molar-refractivity contribution < 1.29 is 0 Å². The molecule has 2 aromatic heterocycles. The highest BCUT2D eigenvalue weighted by molar-refractivity contribution is 7.25. The van der Waals surface area contributed by atoms with E-state index in [0.717, 1.165) is 22.5 Å². The van der Waals surface area contributed by atoms with Gasteiger partial charge in [-0.1, -0.05) is 117 Å². The molecule has 47 heavy (non-hydrogen) atoms. The molecule has 9 rings (SSSR count).